The van der Waals surface area contributed by atoms with Crippen molar-refractivity contribution >= 4 is 5.97 Å². The van der Waals surface area contributed by atoms with Crippen LogP contribution in [0.1, 0.15) is 5.56 Å². The fourth-order valence-corrected chi connectivity index (χ4v) is 2.25. The molecule has 1 heterocycles. The molecular formula is C18H14O2. The van der Waals surface area contributed by atoms with E-state index >= 15 is 0 Å². The molecule has 2 aromatic carbocycles. The summed E-state index contributed by atoms with van der Waals surface area (Å²) in [5.41, 5.74) is 4.36. The summed E-state index contributed by atoms with van der Waals surface area (Å²) in [7, 11) is 0. The lowest BCUT2D eigenvalue weighted by molar-refractivity contribution is -0.132. The van der Waals surface area contributed by atoms with E-state index in [-0.39, 0.29) is 5.97 Å². The Labute approximate surface area is 118 Å². The van der Waals surface area contributed by atoms with Crippen molar-refractivity contribution in [2.24, 2.45) is 0 Å². The summed E-state index contributed by atoms with van der Waals surface area (Å²) in [4.78, 5) is 11.1. The number of allylic oxidation sites excluding steroid dienone is 1. The molecule has 0 aromatic heterocycles. The van der Waals surface area contributed by atoms with Crippen LogP contribution in [0.15, 0.2) is 78.6 Å². The smallest absolute Gasteiger partial charge is 0.336 e. The minimum absolute atomic E-state index is 0.328. The maximum atomic E-state index is 11.1. The van der Waals surface area contributed by atoms with Gasteiger partial charge in [-0.05, 0) is 16.7 Å². The summed E-state index contributed by atoms with van der Waals surface area (Å²) in [5.74, 6) is 0.132. The first-order chi connectivity index (χ1) is 9.72. The zero-order valence-corrected chi connectivity index (χ0v) is 11.0. The van der Waals surface area contributed by atoms with Gasteiger partial charge < -0.3 is 4.74 Å². The van der Waals surface area contributed by atoms with Crippen LogP contribution in [0.3, 0.4) is 0 Å². The number of carbonyl (C=O) groups is 1. The number of ether oxygens (including phenoxy) is 1. The summed E-state index contributed by atoms with van der Waals surface area (Å²) < 4.78 is 4.91. The zero-order chi connectivity index (χ0) is 13.9. The van der Waals surface area contributed by atoms with Crippen LogP contribution < -0.4 is 0 Å². The normalized spacial score (nSPS) is 14.1. The first-order valence-corrected chi connectivity index (χ1v) is 6.48. The van der Waals surface area contributed by atoms with Gasteiger partial charge in [-0.1, -0.05) is 61.2 Å². The van der Waals surface area contributed by atoms with E-state index < -0.39 is 0 Å². The van der Waals surface area contributed by atoms with Crippen LogP contribution in [0, 0.1) is 0 Å². The van der Waals surface area contributed by atoms with E-state index in [0.717, 1.165) is 11.1 Å². The van der Waals surface area contributed by atoms with Crippen LogP contribution in [-0.4, -0.2) is 5.97 Å². The second-order valence-corrected chi connectivity index (χ2v) is 4.75. The molecule has 98 valence electrons. The number of esters is 1. The highest BCUT2D eigenvalue weighted by molar-refractivity contribution is 5.88. The number of hydrogen-bond donors (Lipinski definition) is 0. The van der Waals surface area contributed by atoms with E-state index in [1.54, 1.807) is 0 Å². The Balaban J connectivity index is 1.79. The summed E-state index contributed by atoms with van der Waals surface area (Å²) in [5, 5.41) is 0. The molecular weight excluding hydrogens is 248 g/mol. The van der Waals surface area contributed by atoms with E-state index in [1.165, 1.54) is 17.2 Å². The highest BCUT2D eigenvalue weighted by atomic mass is 16.5. The van der Waals surface area contributed by atoms with E-state index in [1.807, 2.05) is 18.2 Å². The third-order valence-electron chi connectivity index (χ3n) is 3.33. The van der Waals surface area contributed by atoms with Gasteiger partial charge in [0, 0.05) is 18.1 Å². The molecule has 0 unspecified atom stereocenters. The molecule has 1 aliphatic rings. The minimum Gasteiger partial charge on any atom is -0.424 e. The molecule has 20 heavy (non-hydrogen) atoms. The lowest BCUT2D eigenvalue weighted by Gasteiger charge is -2.05. The molecule has 3 rings (SSSR count). The molecule has 0 aliphatic carbocycles. The number of rotatable bonds is 3. The van der Waals surface area contributed by atoms with Gasteiger partial charge in [0.1, 0.15) is 5.76 Å². The van der Waals surface area contributed by atoms with Gasteiger partial charge in [0.05, 0.1) is 0 Å². The largest absolute Gasteiger partial charge is 0.424 e. The predicted molar refractivity (Wildman–Crippen MR) is 78.9 cm³/mol. The van der Waals surface area contributed by atoms with Crippen molar-refractivity contribution in [2.45, 2.75) is 6.42 Å². The molecule has 0 spiro atoms. The van der Waals surface area contributed by atoms with E-state index in [4.69, 9.17) is 4.74 Å². The molecule has 0 saturated carbocycles. The quantitative estimate of drug-likeness (QED) is 0.784. The molecule has 0 saturated heterocycles. The number of carbonyl (C=O) groups excluding carboxylic acids is 1. The minimum atomic E-state index is -0.328. The van der Waals surface area contributed by atoms with Crippen molar-refractivity contribution in [2.75, 3.05) is 0 Å². The van der Waals surface area contributed by atoms with E-state index in [9.17, 15) is 4.79 Å². The highest BCUT2D eigenvalue weighted by Crippen LogP contribution is 2.24. The van der Waals surface area contributed by atoms with Gasteiger partial charge in [-0.2, -0.15) is 0 Å². The van der Waals surface area contributed by atoms with Crippen LogP contribution in [0.2, 0.25) is 0 Å². The number of hydrogen-bond acceptors (Lipinski definition) is 2. The second-order valence-electron chi connectivity index (χ2n) is 4.75. The standard InChI is InChI=1S/C18H14O2/c1-13-17(12-18(19)20-13)11-14-7-9-16(10-8-14)15-5-3-2-4-6-15/h2-10,12H,1,11H2. The Morgan fingerprint density at radius 3 is 2.15 bits per heavy atom. The van der Waals surface area contributed by atoms with Gasteiger partial charge in [-0.25, -0.2) is 4.79 Å². The van der Waals surface area contributed by atoms with E-state index in [0.29, 0.717) is 12.2 Å². The van der Waals surface area contributed by atoms with Gasteiger partial charge in [-0.3, -0.25) is 0 Å². The fraction of sp³-hybridized carbons (Fsp3) is 0.0556. The topological polar surface area (TPSA) is 26.3 Å². The van der Waals surface area contributed by atoms with Crippen molar-refractivity contribution in [3.8, 4) is 11.1 Å². The van der Waals surface area contributed by atoms with Gasteiger partial charge >= 0.3 is 5.97 Å². The molecule has 2 nitrogen and oxygen atoms in total. The van der Waals surface area contributed by atoms with Crippen molar-refractivity contribution in [3.63, 3.8) is 0 Å². The Morgan fingerprint density at radius 1 is 0.900 bits per heavy atom. The summed E-state index contributed by atoms with van der Waals surface area (Å²) >= 11 is 0. The van der Waals surface area contributed by atoms with Gasteiger partial charge in [-0.15, -0.1) is 0 Å². The SMILES string of the molecule is C=C1OC(=O)C=C1Cc1ccc(-c2ccccc2)cc1. The highest BCUT2D eigenvalue weighted by Gasteiger charge is 2.17. The van der Waals surface area contributed by atoms with Crippen LogP contribution in [-0.2, 0) is 16.0 Å². The average molecular weight is 262 g/mol. The molecule has 0 bridgehead atoms. The molecule has 0 radical (unpaired) electrons. The first kappa shape index (κ1) is 12.4. The summed E-state index contributed by atoms with van der Waals surface area (Å²) in [6.07, 6.45) is 2.17. The summed E-state index contributed by atoms with van der Waals surface area (Å²) in [6, 6.07) is 18.5. The van der Waals surface area contributed by atoms with Crippen molar-refractivity contribution in [1.29, 1.82) is 0 Å². The predicted octanol–water partition coefficient (Wildman–Crippen LogP) is 3.89. The van der Waals surface area contributed by atoms with Gasteiger partial charge in [0.15, 0.2) is 0 Å². The third kappa shape index (κ3) is 2.54. The van der Waals surface area contributed by atoms with Crippen LogP contribution in [0.4, 0.5) is 0 Å². The lowest BCUT2D eigenvalue weighted by atomic mass is 10.00. The molecule has 2 heteroatoms. The van der Waals surface area contributed by atoms with Crippen LogP contribution in [0.5, 0.6) is 0 Å². The second kappa shape index (κ2) is 5.17. The Kier molecular flexibility index (Phi) is 3.21. The number of cyclic esters (lactones) is 1. The van der Waals surface area contributed by atoms with Crippen molar-refractivity contribution < 1.29 is 9.53 Å². The zero-order valence-electron chi connectivity index (χ0n) is 11.0. The maximum absolute atomic E-state index is 11.1. The molecule has 0 amide bonds. The average Bonchev–Trinajstić information content (AvgIpc) is 2.79. The first-order valence-electron chi connectivity index (χ1n) is 6.48. The lowest BCUT2D eigenvalue weighted by Crippen LogP contribution is -1.92. The molecule has 1 aliphatic heterocycles. The van der Waals surface area contributed by atoms with Gasteiger partial charge in [0.2, 0.25) is 0 Å². The molecule has 0 atom stereocenters. The Hall–Kier alpha value is -2.61. The summed E-state index contributed by atoms with van der Waals surface area (Å²) in [6.45, 7) is 3.74. The van der Waals surface area contributed by atoms with Crippen LogP contribution >= 0.6 is 0 Å². The monoisotopic (exact) mass is 262 g/mol. The van der Waals surface area contributed by atoms with E-state index in [2.05, 4.69) is 43.0 Å². The fourth-order valence-electron chi connectivity index (χ4n) is 2.25. The molecule has 0 N–H and O–H groups in total. The number of benzene rings is 2. The Bertz CT molecular complexity index is 679. The Morgan fingerprint density at radius 2 is 1.55 bits per heavy atom. The maximum Gasteiger partial charge on any atom is 0.336 e. The van der Waals surface area contributed by atoms with Crippen LogP contribution in [0.25, 0.3) is 11.1 Å². The third-order valence-corrected chi connectivity index (χ3v) is 3.33. The van der Waals surface area contributed by atoms with Gasteiger partial charge in [0.25, 0.3) is 0 Å². The van der Waals surface area contributed by atoms with Crippen molar-refractivity contribution in [3.05, 3.63) is 84.1 Å². The molecule has 2 aromatic rings. The van der Waals surface area contributed by atoms with Crippen molar-refractivity contribution in [1.82, 2.24) is 0 Å². The molecule has 0 fully saturated rings.